The predicted octanol–water partition coefficient (Wildman–Crippen LogP) is 1.72. The zero-order valence-electron chi connectivity index (χ0n) is 14.8. The molecule has 136 valence electrons. The van der Waals surface area contributed by atoms with Crippen molar-refractivity contribution in [2.75, 3.05) is 37.6 Å². The van der Waals surface area contributed by atoms with Gasteiger partial charge in [-0.15, -0.1) is 0 Å². The van der Waals surface area contributed by atoms with Gasteiger partial charge in [0.25, 0.3) is 5.91 Å². The van der Waals surface area contributed by atoms with E-state index in [1.165, 1.54) is 0 Å². The van der Waals surface area contributed by atoms with Crippen LogP contribution in [0.5, 0.6) is 0 Å². The number of piperazine rings is 1. The number of rotatable bonds is 4. The molecule has 0 unspecified atom stereocenters. The topological polar surface area (TPSA) is 69.7 Å². The van der Waals surface area contributed by atoms with E-state index in [9.17, 15) is 14.4 Å². The van der Waals surface area contributed by atoms with E-state index in [4.69, 9.17) is 11.6 Å². The molecule has 0 bridgehead atoms. The van der Waals surface area contributed by atoms with Crippen molar-refractivity contribution in [2.24, 2.45) is 5.41 Å². The van der Waals surface area contributed by atoms with Crippen molar-refractivity contribution >= 4 is 34.9 Å². The van der Waals surface area contributed by atoms with Gasteiger partial charge in [0.15, 0.2) is 0 Å². The number of carbonyl (C=O) groups excluding carboxylic acids is 3. The molecule has 2 amide bonds. The smallest absolute Gasteiger partial charge is 0.288 e. The molecule has 0 aromatic heterocycles. The summed E-state index contributed by atoms with van der Waals surface area (Å²) < 4.78 is 0. The van der Waals surface area contributed by atoms with Crippen molar-refractivity contribution in [1.82, 2.24) is 10.2 Å². The first-order valence-corrected chi connectivity index (χ1v) is 8.67. The van der Waals surface area contributed by atoms with Gasteiger partial charge in [-0.1, -0.05) is 32.4 Å². The third-order valence-corrected chi connectivity index (χ3v) is 4.36. The van der Waals surface area contributed by atoms with Crippen LogP contribution >= 0.6 is 11.6 Å². The summed E-state index contributed by atoms with van der Waals surface area (Å²) >= 11 is 5.90. The molecule has 0 spiro atoms. The Hall–Kier alpha value is -2.08. The molecule has 1 aliphatic heterocycles. The maximum Gasteiger partial charge on any atom is 0.288 e. The molecule has 7 heteroatoms. The Morgan fingerprint density at radius 2 is 1.60 bits per heavy atom. The Kier molecular flexibility index (Phi) is 6.06. The summed E-state index contributed by atoms with van der Waals surface area (Å²) in [5.41, 5.74) is 0.317. The van der Waals surface area contributed by atoms with E-state index in [-0.39, 0.29) is 12.5 Å². The molecule has 0 atom stereocenters. The highest BCUT2D eigenvalue weighted by Crippen LogP contribution is 2.19. The summed E-state index contributed by atoms with van der Waals surface area (Å²) in [7, 11) is 0. The van der Waals surface area contributed by atoms with Gasteiger partial charge in [-0.05, 0) is 24.3 Å². The van der Waals surface area contributed by atoms with Crippen LogP contribution in [-0.4, -0.2) is 55.2 Å². The average Bonchev–Trinajstić information content (AvgIpc) is 2.58. The molecule has 6 nitrogen and oxygen atoms in total. The first-order valence-electron chi connectivity index (χ1n) is 8.29. The monoisotopic (exact) mass is 365 g/mol. The standard InChI is InChI=1S/C18H24ClN3O3/c1-18(2,3)16(24)17(25)20-12-15(23)22-10-8-21(9-11-22)14-6-4-13(19)5-7-14/h4-7H,8-12H2,1-3H3,(H,20,25). The normalized spacial score (nSPS) is 15.0. The number of hydrogen-bond donors (Lipinski definition) is 1. The molecule has 1 aromatic rings. The Morgan fingerprint density at radius 1 is 1.04 bits per heavy atom. The third kappa shape index (κ3) is 5.19. The zero-order valence-corrected chi connectivity index (χ0v) is 15.6. The van der Waals surface area contributed by atoms with Crippen LogP contribution in [0.4, 0.5) is 5.69 Å². The van der Waals surface area contributed by atoms with Gasteiger partial charge in [0, 0.05) is 42.3 Å². The van der Waals surface area contributed by atoms with Crippen LogP contribution in [0, 0.1) is 5.41 Å². The van der Waals surface area contributed by atoms with E-state index in [0.29, 0.717) is 31.2 Å². The molecule has 0 aliphatic carbocycles. The summed E-state index contributed by atoms with van der Waals surface area (Å²) in [4.78, 5) is 39.7. The lowest BCUT2D eigenvalue weighted by Crippen LogP contribution is -2.52. The summed E-state index contributed by atoms with van der Waals surface area (Å²) in [6.07, 6.45) is 0. The van der Waals surface area contributed by atoms with E-state index in [1.54, 1.807) is 25.7 Å². The summed E-state index contributed by atoms with van der Waals surface area (Å²) in [6.45, 7) is 7.44. The number of nitrogens with zero attached hydrogens (tertiary/aromatic N) is 2. The van der Waals surface area contributed by atoms with Crippen molar-refractivity contribution < 1.29 is 14.4 Å². The van der Waals surface area contributed by atoms with Crippen LogP contribution in [-0.2, 0) is 14.4 Å². The molecular formula is C18H24ClN3O3. The Labute approximate surface area is 153 Å². The summed E-state index contributed by atoms with van der Waals surface area (Å²) in [5, 5.41) is 3.12. The fourth-order valence-corrected chi connectivity index (χ4v) is 2.68. The number of halogens is 1. The fraction of sp³-hybridized carbons (Fsp3) is 0.500. The van der Waals surface area contributed by atoms with Gasteiger partial charge < -0.3 is 15.1 Å². The third-order valence-electron chi connectivity index (χ3n) is 4.11. The maximum atomic E-state index is 12.2. The minimum absolute atomic E-state index is 0.151. The van der Waals surface area contributed by atoms with Crippen LogP contribution in [0.15, 0.2) is 24.3 Å². The number of nitrogens with one attached hydrogen (secondary N) is 1. The quantitative estimate of drug-likeness (QED) is 0.825. The second-order valence-electron chi connectivity index (χ2n) is 7.11. The van der Waals surface area contributed by atoms with Crippen molar-refractivity contribution in [2.45, 2.75) is 20.8 Å². The van der Waals surface area contributed by atoms with Gasteiger partial charge in [-0.3, -0.25) is 14.4 Å². The Bertz CT molecular complexity index is 645. The Balaban J connectivity index is 1.80. The maximum absolute atomic E-state index is 12.2. The molecule has 1 aliphatic rings. The first-order chi connectivity index (χ1) is 11.7. The number of amides is 2. The van der Waals surface area contributed by atoms with E-state index >= 15 is 0 Å². The lowest BCUT2D eigenvalue weighted by Gasteiger charge is -2.36. The average molecular weight is 366 g/mol. The minimum Gasteiger partial charge on any atom is -0.368 e. The van der Waals surface area contributed by atoms with Crippen LogP contribution in [0.25, 0.3) is 0 Å². The number of Topliss-reactive ketones (excluding diaryl/α,β-unsaturated/α-hetero) is 1. The highest BCUT2D eigenvalue weighted by atomic mass is 35.5. The number of carbonyl (C=O) groups is 3. The van der Waals surface area contributed by atoms with Gasteiger partial charge >= 0.3 is 0 Å². The van der Waals surface area contributed by atoms with E-state index in [1.807, 2.05) is 24.3 Å². The molecule has 1 heterocycles. The van der Waals surface area contributed by atoms with Crippen molar-refractivity contribution in [3.63, 3.8) is 0 Å². The van der Waals surface area contributed by atoms with Gasteiger partial charge in [-0.2, -0.15) is 0 Å². The van der Waals surface area contributed by atoms with Crippen LogP contribution in [0.3, 0.4) is 0 Å². The van der Waals surface area contributed by atoms with E-state index < -0.39 is 17.1 Å². The second-order valence-corrected chi connectivity index (χ2v) is 7.54. The number of benzene rings is 1. The van der Waals surface area contributed by atoms with Crippen molar-refractivity contribution in [1.29, 1.82) is 0 Å². The lowest BCUT2D eigenvalue weighted by molar-refractivity contribution is -0.143. The lowest BCUT2D eigenvalue weighted by atomic mass is 9.90. The molecule has 1 fully saturated rings. The van der Waals surface area contributed by atoms with Crippen LogP contribution in [0.1, 0.15) is 20.8 Å². The van der Waals surface area contributed by atoms with Crippen LogP contribution in [0.2, 0.25) is 5.02 Å². The second kappa shape index (κ2) is 7.87. The summed E-state index contributed by atoms with van der Waals surface area (Å²) in [5.74, 6) is -1.40. The van der Waals surface area contributed by atoms with Gasteiger partial charge in [-0.25, -0.2) is 0 Å². The molecular weight excluding hydrogens is 342 g/mol. The van der Waals surface area contributed by atoms with Crippen LogP contribution < -0.4 is 10.2 Å². The Morgan fingerprint density at radius 3 is 2.12 bits per heavy atom. The molecule has 1 saturated heterocycles. The summed E-state index contributed by atoms with van der Waals surface area (Å²) in [6, 6.07) is 7.60. The van der Waals surface area contributed by atoms with Crippen molar-refractivity contribution in [3.8, 4) is 0 Å². The van der Waals surface area contributed by atoms with Gasteiger partial charge in [0.05, 0.1) is 6.54 Å². The molecule has 0 saturated carbocycles. The number of hydrogen-bond acceptors (Lipinski definition) is 4. The zero-order chi connectivity index (χ0) is 18.6. The molecule has 25 heavy (non-hydrogen) atoms. The molecule has 1 N–H and O–H groups in total. The SMILES string of the molecule is CC(C)(C)C(=O)C(=O)NCC(=O)N1CCN(c2ccc(Cl)cc2)CC1. The fourth-order valence-electron chi connectivity index (χ4n) is 2.55. The van der Waals surface area contributed by atoms with Gasteiger partial charge in [0.1, 0.15) is 0 Å². The van der Waals surface area contributed by atoms with Gasteiger partial charge in [0.2, 0.25) is 11.7 Å². The first kappa shape index (κ1) is 19.2. The highest BCUT2D eigenvalue weighted by Gasteiger charge is 2.29. The highest BCUT2D eigenvalue weighted by molar-refractivity contribution is 6.38. The molecule has 0 radical (unpaired) electrons. The number of anilines is 1. The van der Waals surface area contributed by atoms with E-state index in [2.05, 4.69) is 10.2 Å². The molecule has 2 rings (SSSR count). The van der Waals surface area contributed by atoms with Crippen molar-refractivity contribution in [3.05, 3.63) is 29.3 Å². The molecule has 1 aromatic carbocycles. The largest absolute Gasteiger partial charge is 0.368 e. The minimum atomic E-state index is -0.753. The van der Waals surface area contributed by atoms with E-state index in [0.717, 1.165) is 5.69 Å². The predicted molar refractivity (Wildman–Crippen MR) is 97.7 cm³/mol. The number of ketones is 1.